The van der Waals surface area contributed by atoms with E-state index in [2.05, 4.69) is 5.32 Å². The number of hydrogen-bond acceptors (Lipinski definition) is 6. The molecule has 1 aliphatic carbocycles. The second kappa shape index (κ2) is 10.2. The van der Waals surface area contributed by atoms with Gasteiger partial charge in [-0.15, -0.1) is 0 Å². The van der Waals surface area contributed by atoms with Crippen molar-refractivity contribution in [2.75, 3.05) is 13.2 Å². The first-order chi connectivity index (χ1) is 15.3. The van der Waals surface area contributed by atoms with Gasteiger partial charge in [-0.2, -0.15) is 0 Å². The van der Waals surface area contributed by atoms with Gasteiger partial charge in [-0.1, -0.05) is 48.5 Å². The summed E-state index contributed by atoms with van der Waals surface area (Å²) in [4.78, 5) is 23.8. The number of aliphatic carboxylic acids is 1. The summed E-state index contributed by atoms with van der Waals surface area (Å²) in [6.07, 6.45) is -0.885. The average Bonchev–Trinajstić information content (AvgIpc) is 3.07. The Bertz CT molecular complexity index is 987. The van der Waals surface area contributed by atoms with Gasteiger partial charge in [-0.05, 0) is 35.1 Å². The number of nitrogens with one attached hydrogen (secondary N) is 2. The van der Waals surface area contributed by atoms with Gasteiger partial charge in [0.05, 0.1) is 0 Å². The van der Waals surface area contributed by atoms with Crippen molar-refractivity contribution in [1.82, 2.24) is 9.62 Å². The number of carboxylic acids is 1. The lowest BCUT2D eigenvalue weighted by Crippen LogP contribution is -2.43. The molecule has 11 heteroatoms. The molecule has 0 aromatic heterocycles. The molecular weight excluding hydrogens is 436 g/mol. The maximum absolute atomic E-state index is 12.3. The van der Waals surface area contributed by atoms with Crippen LogP contribution in [0.2, 0.25) is 0 Å². The Kier molecular flexibility index (Phi) is 7.44. The third kappa shape index (κ3) is 5.24. The van der Waals surface area contributed by atoms with Crippen molar-refractivity contribution in [3.63, 3.8) is 0 Å². The molecule has 0 fully saturated rings. The van der Waals surface area contributed by atoms with Gasteiger partial charge in [0.1, 0.15) is 12.6 Å². The lowest BCUT2D eigenvalue weighted by Gasteiger charge is -2.24. The summed E-state index contributed by atoms with van der Waals surface area (Å²) < 4.78 is 28.0. The quantitative estimate of drug-likeness (QED) is 0.251. The third-order valence-electron chi connectivity index (χ3n) is 5.24. The number of carbonyl (C=O) groups is 2. The molecule has 3 rings (SSSR count). The van der Waals surface area contributed by atoms with E-state index in [4.69, 9.17) is 15.9 Å². The first kappa shape index (κ1) is 23.2. The van der Waals surface area contributed by atoms with Crippen LogP contribution in [-0.4, -0.2) is 55.4 Å². The zero-order valence-electron chi connectivity index (χ0n) is 17.0. The molecule has 1 unspecified atom stereocenters. The number of carbonyl (C=O) groups excluding carboxylic acids is 1. The zero-order chi connectivity index (χ0) is 23.3. The normalized spacial score (nSPS) is 14.0. The van der Waals surface area contributed by atoms with Crippen LogP contribution >= 0.6 is 0 Å². The van der Waals surface area contributed by atoms with Gasteiger partial charge in [0, 0.05) is 23.7 Å². The highest BCUT2D eigenvalue weighted by molar-refractivity contribution is 7.77. The molecule has 0 bridgehead atoms. The Morgan fingerprint density at radius 1 is 1.19 bits per heavy atom. The Labute approximate surface area is 187 Å². The van der Waals surface area contributed by atoms with E-state index in [0.717, 1.165) is 22.3 Å². The Morgan fingerprint density at radius 3 is 2.25 bits per heavy atom. The van der Waals surface area contributed by atoms with E-state index in [1.165, 1.54) is 0 Å². The number of nitrogens with two attached hydrogens (primary N) is 1. The molecule has 32 heavy (non-hydrogen) atoms. The Hall–Kier alpha value is -3.44. The molecule has 0 saturated heterocycles. The molecule has 5 N–H and O–H groups in total. The molecule has 170 valence electrons. The lowest BCUT2D eigenvalue weighted by molar-refractivity contribution is -0.139. The van der Waals surface area contributed by atoms with Gasteiger partial charge in [-0.25, -0.2) is 9.59 Å². The van der Waals surface area contributed by atoms with Crippen LogP contribution < -0.4 is 11.1 Å². The second-order valence-electron chi connectivity index (χ2n) is 7.21. The van der Waals surface area contributed by atoms with Crippen LogP contribution in [0.15, 0.2) is 48.5 Å². The molecule has 2 atom stereocenters. The number of nitrogens with zero attached hydrogens (tertiary/aromatic N) is 1. The second-order valence-corrected chi connectivity index (χ2v) is 8.08. The highest BCUT2D eigenvalue weighted by Gasteiger charge is 2.29. The van der Waals surface area contributed by atoms with E-state index in [9.17, 15) is 23.5 Å². The molecule has 1 amide bonds. The number of benzene rings is 2. The van der Waals surface area contributed by atoms with Crippen LogP contribution in [-0.2, 0) is 20.8 Å². The smallest absolute Gasteiger partial charge is 0.407 e. The summed E-state index contributed by atoms with van der Waals surface area (Å²) in [6.45, 7) is -0.138. The van der Waals surface area contributed by atoms with Crippen molar-refractivity contribution in [2.45, 2.75) is 24.8 Å². The first-order valence-corrected chi connectivity index (χ1v) is 10.9. The van der Waals surface area contributed by atoms with Crippen molar-refractivity contribution < 1.29 is 28.2 Å². The van der Waals surface area contributed by atoms with Crippen LogP contribution in [0.5, 0.6) is 0 Å². The van der Waals surface area contributed by atoms with E-state index < -0.39 is 35.3 Å². The van der Waals surface area contributed by atoms with Gasteiger partial charge < -0.3 is 25.4 Å². The maximum Gasteiger partial charge on any atom is 0.407 e. The average molecular weight is 460 g/mol. The molecule has 2 aromatic rings. The molecule has 0 aliphatic heterocycles. The highest BCUT2D eigenvalue weighted by Crippen LogP contribution is 2.44. The van der Waals surface area contributed by atoms with E-state index in [-0.39, 0.29) is 31.9 Å². The summed E-state index contributed by atoms with van der Waals surface area (Å²) in [5.41, 5.74) is 9.39. The molecule has 0 saturated carbocycles. The minimum absolute atomic E-state index is 0.0411. The number of hydrogen-bond donors (Lipinski definition) is 4. The van der Waals surface area contributed by atoms with Crippen LogP contribution in [0.3, 0.4) is 0 Å². The van der Waals surface area contributed by atoms with Gasteiger partial charge in [0.15, 0.2) is 5.96 Å². The van der Waals surface area contributed by atoms with E-state index in [0.29, 0.717) is 4.31 Å². The largest absolute Gasteiger partial charge is 0.755 e. The van der Waals surface area contributed by atoms with Gasteiger partial charge in [0.2, 0.25) is 0 Å². The SMILES string of the molecule is N=C(N)N(CCC[C@H](NC(=O)OCC1c2ccccc2-c2ccccc21)C(=O)O)S(=O)[O-]. The van der Waals surface area contributed by atoms with Crippen LogP contribution in [0.25, 0.3) is 11.1 Å². The summed E-state index contributed by atoms with van der Waals surface area (Å²) in [7, 11) is 0. The summed E-state index contributed by atoms with van der Waals surface area (Å²) >= 11 is -2.74. The van der Waals surface area contributed by atoms with Gasteiger partial charge in [-0.3, -0.25) is 13.9 Å². The molecule has 0 radical (unpaired) electrons. The zero-order valence-corrected chi connectivity index (χ0v) is 17.8. The van der Waals surface area contributed by atoms with Crippen LogP contribution in [0, 0.1) is 5.41 Å². The van der Waals surface area contributed by atoms with Gasteiger partial charge >= 0.3 is 12.1 Å². The summed E-state index contributed by atoms with van der Waals surface area (Å²) in [6, 6.07) is 14.4. The number of rotatable bonds is 9. The topological polar surface area (TPSA) is 169 Å². The van der Waals surface area contributed by atoms with Crippen LogP contribution in [0.1, 0.15) is 29.9 Å². The molecule has 1 aliphatic rings. The number of guanidine groups is 1. The molecule has 2 aromatic carbocycles. The summed E-state index contributed by atoms with van der Waals surface area (Å²) in [5.74, 6) is -2.11. The predicted octanol–water partition coefficient (Wildman–Crippen LogP) is 1.75. The monoisotopic (exact) mass is 459 g/mol. The number of amides is 1. The number of ether oxygens (including phenoxy) is 1. The lowest BCUT2D eigenvalue weighted by atomic mass is 9.98. The van der Waals surface area contributed by atoms with Crippen molar-refractivity contribution in [1.29, 1.82) is 5.41 Å². The fourth-order valence-electron chi connectivity index (χ4n) is 3.75. The van der Waals surface area contributed by atoms with Crippen LogP contribution in [0.4, 0.5) is 4.79 Å². The maximum atomic E-state index is 12.3. The molecular formula is C21H23N4O6S-. The van der Waals surface area contributed by atoms with Crippen molar-refractivity contribution in [3.8, 4) is 11.1 Å². The third-order valence-corrected chi connectivity index (χ3v) is 5.98. The van der Waals surface area contributed by atoms with Gasteiger partial charge in [0.25, 0.3) is 0 Å². The predicted molar refractivity (Wildman–Crippen MR) is 116 cm³/mol. The Morgan fingerprint density at radius 2 is 1.75 bits per heavy atom. The van der Waals surface area contributed by atoms with E-state index in [1.54, 1.807) is 0 Å². The molecule has 0 heterocycles. The number of carboxylic acid groups (broad SMARTS) is 1. The van der Waals surface area contributed by atoms with E-state index >= 15 is 0 Å². The molecule has 10 nitrogen and oxygen atoms in total. The summed E-state index contributed by atoms with van der Waals surface area (Å²) in [5, 5.41) is 18.9. The minimum atomic E-state index is -2.74. The van der Waals surface area contributed by atoms with Crippen molar-refractivity contribution in [3.05, 3.63) is 59.7 Å². The molecule has 0 spiro atoms. The highest BCUT2D eigenvalue weighted by atomic mass is 32.2. The fraction of sp³-hybridized carbons (Fsp3) is 0.286. The number of alkyl carbamates (subject to hydrolysis) is 1. The Balaban J connectivity index is 1.58. The van der Waals surface area contributed by atoms with Crippen molar-refractivity contribution >= 4 is 29.3 Å². The standard InChI is InChI=1S/C21H24N4O6S/c22-20(23)25(32(29)30)11-5-10-18(19(26)27)24-21(28)31-12-17-15-8-3-1-6-13(15)14-7-2-4-9-16(14)17/h1-4,6-9,17-18H,5,10-12H2,(H3,22,23)(H,24,28)(H,26,27)(H,29,30)/p-1/t18-/m0/s1. The number of fused-ring (bicyclic) bond motifs is 3. The fourth-order valence-corrected chi connectivity index (χ4v) is 4.19. The van der Waals surface area contributed by atoms with Crippen molar-refractivity contribution in [2.24, 2.45) is 5.73 Å². The van der Waals surface area contributed by atoms with E-state index in [1.807, 2.05) is 48.5 Å². The minimum Gasteiger partial charge on any atom is -0.755 e. The first-order valence-electron chi connectivity index (χ1n) is 9.84.